The third kappa shape index (κ3) is 1.27. The largest absolute Gasteiger partial charge is 0.493 e. The van der Waals surface area contributed by atoms with Gasteiger partial charge < -0.3 is 5.11 Å². The number of aromatic nitrogens is 2. The zero-order valence-electron chi connectivity index (χ0n) is 6.95. The molecule has 1 N–H and O–H groups in total. The van der Waals surface area contributed by atoms with Gasteiger partial charge in [0, 0.05) is 4.47 Å². The SMILES string of the molecule is Cc1c(Br)ccc2ncnc(O)c12. The first-order valence-corrected chi connectivity index (χ1v) is 4.58. The Kier molecular flexibility index (Phi) is 1.92. The number of rotatable bonds is 0. The van der Waals surface area contributed by atoms with Gasteiger partial charge in [-0.05, 0) is 24.6 Å². The van der Waals surface area contributed by atoms with Gasteiger partial charge in [-0.25, -0.2) is 9.97 Å². The topological polar surface area (TPSA) is 46.0 Å². The summed E-state index contributed by atoms with van der Waals surface area (Å²) in [5.41, 5.74) is 1.71. The summed E-state index contributed by atoms with van der Waals surface area (Å²) in [5.74, 6) is 0.0313. The van der Waals surface area contributed by atoms with Crippen molar-refractivity contribution in [2.75, 3.05) is 0 Å². The summed E-state index contributed by atoms with van der Waals surface area (Å²) in [4.78, 5) is 7.78. The molecule has 2 aromatic rings. The van der Waals surface area contributed by atoms with Crippen molar-refractivity contribution < 1.29 is 5.11 Å². The van der Waals surface area contributed by atoms with Crippen molar-refractivity contribution >= 4 is 26.8 Å². The van der Waals surface area contributed by atoms with E-state index in [1.54, 1.807) is 0 Å². The molecule has 0 aliphatic carbocycles. The molecule has 1 aromatic heterocycles. The van der Waals surface area contributed by atoms with Gasteiger partial charge in [0.15, 0.2) is 0 Å². The van der Waals surface area contributed by atoms with Crippen molar-refractivity contribution in [3.8, 4) is 5.88 Å². The van der Waals surface area contributed by atoms with Gasteiger partial charge in [0.25, 0.3) is 0 Å². The van der Waals surface area contributed by atoms with Crippen molar-refractivity contribution in [3.63, 3.8) is 0 Å². The Hall–Kier alpha value is -1.16. The van der Waals surface area contributed by atoms with Crippen molar-refractivity contribution in [2.24, 2.45) is 0 Å². The molecule has 0 fully saturated rings. The second-order valence-corrected chi connectivity index (χ2v) is 3.62. The van der Waals surface area contributed by atoms with Crippen molar-refractivity contribution in [2.45, 2.75) is 6.92 Å². The molecule has 0 saturated carbocycles. The predicted molar refractivity (Wildman–Crippen MR) is 53.6 cm³/mol. The van der Waals surface area contributed by atoms with Crippen LogP contribution in [0.3, 0.4) is 0 Å². The van der Waals surface area contributed by atoms with Crippen LogP contribution in [0, 0.1) is 6.92 Å². The number of benzene rings is 1. The van der Waals surface area contributed by atoms with Crippen molar-refractivity contribution in [1.29, 1.82) is 0 Å². The number of nitrogens with zero attached hydrogens (tertiary/aromatic N) is 2. The number of aryl methyl sites for hydroxylation is 1. The normalized spacial score (nSPS) is 10.6. The zero-order valence-corrected chi connectivity index (χ0v) is 8.54. The number of fused-ring (bicyclic) bond motifs is 1. The van der Waals surface area contributed by atoms with Gasteiger partial charge in [-0.2, -0.15) is 0 Å². The Bertz CT molecular complexity index is 470. The maximum absolute atomic E-state index is 9.50. The van der Waals surface area contributed by atoms with E-state index < -0.39 is 0 Å². The first-order valence-electron chi connectivity index (χ1n) is 3.79. The average Bonchev–Trinajstić information content (AvgIpc) is 2.12. The lowest BCUT2D eigenvalue weighted by atomic mass is 10.1. The number of halogens is 1. The summed E-state index contributed by atoms with van der Waals surface area (Å²) in [6.45, 7) is 1.91. The number of aromatic hydroxyl groups is 1. The Labute approximate surface area is 83.6 Å². The third-order valence-corrected chi connectivity index (χ3v) is 2.84. The average molecular weight is 239 g/mol. The summed E-state index contributed by atoms with van der Waals surface area (Å²) >= 11 is 3.38. The van der Waals surface area contributed by atoms with Crippen LogP contribution in [-0.4, -0.2) is 15.1 Å². The van der Waals surface area contributed by atoms with Crippen LogP contribution < -0.4 is 0 Å². The lowest BCUT2D eigenvalue weighted by Gasteiger charge is -2.03. The Morgan fingerprint density at radius 2 is 2.08 bits per heavy atom. The van der Waals surface area contributed by atoms with Gasteiger partial charge in [0.2, 0.25) is 5.88 Å². The summed E-state index contributed by atoms with van der Waals surface area (Å²) < 4.78 is 0.949. The van der Waals surface area contributed by atoms with E-state index in [9.17, 15) is 5.11 Å². The molecule has 2 rings (SSSR count). The van der Waals surface area contributed by atoms with Gasteiger partial charge in [-0.15, -0.1) is 0 Å². The van der Waals surface area contributed by atoms with E-state index in [0.717, 1.165) is 15.6 Å². The van der Waals surface area contributed by atoms with E-state index in [2.05, 4.69) is 25.9 Å². The molecule has 0 saturated heterocycles. The summed E-state index contributed by atoms with van der Waals surface area (Å²) in [6, 6.07) is 3.75. The van der Waals surface area contributed by atoms with Crippen molar-refractivity contribution in [3.05, 3.63) is 28.5 Å². The molecular weight excluding hydrogens is 232 g/mol. The second-order valence-electron chi connectivity index (χ2n) is 2.76. The van der Waals surface area contributed by atoms with Crippen LogP contribution >= 0.6 is 15.9 Å². The highest BCUT2D eigenvalue weighted by molar-refractivity contribution is 9.10. The minimum absolute atomic E-state index is 0.0313. The number of hydrogen-bond acceptors (Lipinski definition) is 3. The molecule has 1 heterocycles. The summed E-state index contributed by atoms with van der Waals surface area (Å²) in [5, 5.41) is 10.2. The van der Waals surface area contributed by atoms with Crippen LogP contribution in [0.4, 0.5) is 0 Å². The van der Waals surface area contributed by atoms with Crippen LogP contribution in [-0.2, 0) is 0 Å². The molecule has 4 heteroatoms. The molecule has 0 bridgehead atoms. The molecule has 3 nitrogen and oxygen atoms in total. The summed E-state index contributed by atoms with van der Waals surface area (Å²) in [7, 11) is 0. The lowest BCUT2D eigenvalue weighted by Crippen LogP contribution is -1.86. The first kappa shape index (κ1) is 8.44. The maximum Gasteiger partial charge on any atom is 0.222 e. The molecule has 0 amide bonds. The van der Waals surface area contributed by atoms with E-state index in [1.165, 1.54) is 6.33 Å². The molecule has 0 aliphatic rings. The fraction of sp³-hybridized carbons (Fsp3) is 0.111. The van der Waals surface area contributed by atoms with Gasteiger partial charge in [-0.1, -0.05) is 15.9 Å². The van der Waals surface area contributed by atoms with E-state index in [-0.39, 0.29) is 5.88 Å². The van der Waals surface area contributed by atoms with E-state index in [4.69, 9.17) is 0 Å². The highest BCUT2D eigenvalue weighted by Crippen LogP contribution is 2.28. The second kappa shape index (κ2) is 2.96. The minimum atomic E-state index is 0.0313. The fourth-order valence-corrected chi connectivity index (χ4v) is 1.60. The van der Waals surface area contributed by atoms with Gasteiger partial charge >= 0.3 is 0 Å². The lowest BCUT2D eigenvalue weighted by molar-refractivity contribution is 0.459. The highest BCUT2D eigenvalue weighted by atomic mass is 79.9. The molecule has 66 valence electrons. The molecule has 0 atom stereocenters. The van der Waals surface area contributed by atoms with Gasteiger partial charge in [-0.3, -0.25) is 0 Å². The molecular formula is C9H7BrN2O. The highest BCUT2D eigenvalue weighted by Gasteiger charge is 2.06. The molecule has 0 spiro atoms. The Morgan fingerprint density at radius 3 is 2.85 bits per heavy atom. The fourth-order valence-electron chi connectivity index (χ4n) is 1.27. The zero-order chi connectivity index (χ0) is 9.42. The van der Waals surface area contributed by atoms with Gasteiger partial charge in [0.1, 0.15) is 6.33 Å². The van der Waals surface area contributed by atoms with Crippen LogP contribution in [0.25, 0.3) is 10.9 Å². The minimum Gasteiger partial charge on any atom is -0.493 e. The van der Waals surface area contributed by atoms with E-state index in [0.29, 0.717) is 5.39 Å². The molecule has 0 radical (unpaired) electrons. The van der Waals surface area contributed by atoms with E-state index >= 15 is 0 Å². The Morgan fingerprint density at radius 1 is 1.31 bits per heavy atom. The monoisotopic (exact) mass is 238 g/mol. The third-order valence-electron chi connectivity index (χ3n) is 1.98. The number of hydrogen-bond donors (Lipinski definition) is 1. The predicted octanol–water partition coefficient (Wildman–Crippen LogP) is 2.41. The van der Waals surface area contributed by atoms with Crippen LogP contribution in [0.5, 0.6) is 5.88 Å². The van der Waals surface area contributed by atoms with E-state index in [1.807, 2.05) is 19.1 Å². The standard InChI is InChI=1S/C9H7BrN2O/c1-5-6(10)2-3-7-8(5)9(13)12-4-11-7/h2-4H,1H3,(H,11,12,13). The molecule has 13 heavy (non-hydrogen) atoms. The molecule has 0 unspecified atom stereocenters. The van der Waals surface area contributed by atoms with Crippen LogP contribution in [0.15, 0.2) is 22.9 Å². The quantitative estimate of drug-likeness (QED) is 0.767. The van der Waals surface area contributed by atoms with Crippen molar-refractivity contribution in [1.82, 2.24) is 9.97 Å². The molecule has 0 aliphatic heterocycles. The first-order chi connectivity index (χ1) is 6.20. The molecule has 1 aromatic carbocycles. The van der Waals surface area contributed by atoms with Crippen LogP contribution in [0.2, 0.25) is 0 Å². The smallest absolute Gasteiger partial charge is 0.222 e. The van der Waals surface area contributed by atoms with Crippen LogP contribution in [0.1, 0.15) is 5.56 Å². The summed E-state index contributed by atoms with van der Waals surface area (Å²) in [6.07, 6.45) is 1.35. The maximum atomic E-state index is 9.50. The van der Waals surface area contributed by atoms with Gasteiger partial charge in [0.05, 0.1) is 10.9 Å². The Balaban J connectivity index is 2.97.